The highest BCUT2D eigenvalue weighted by atomic mass is 16.5. The zero-order chi connectivity index (χ0) is 17.2. The second-order valence-electron chi connectivity index (χ2n) is 6.39. The molecule has 23 heavy (non-hydrogen) atoms. The molecule has 1 aromatic heterocycles. The number of hydrogen-bond donors (Lipinski definition) is 3. The molecule has 8 heteroatoms. The molecule has 1 saturated carbocycles. The molecular formula is C15H22N4O4. The maximum absolute atomic E-state index is 12.0. The summed E-state index contributed by atoms with van der Waals surface area (Å²) in [6, 6.07) is -0.573. The fourth-order valence-corrected chi connectivity index (χ4v) is 3.16. The van der Waals surface area contributed by atoms with Crippen LogP contribution in [0, 0.1) is 17.3 Å². The summed E-state index contributed by atoms with van der Waals surface area (Å²) in [5, 5.41) is 14.5. The Labute approximate surface area is 134 Å². The van der Waals surface area contributed by atoms with Gasteiger partial charge in [-0.05, 0) is 24.7 Å². The monoisotopic (exact) mass is 322 g/mol. The normalized spacial score (nSPS) is 23.3. The quantitative estimate of drug-likeness (QED) is 0.761. The first-order valence-corrected chi connectivity index (χ1v) is 7.42. The molecule has 1 aliphatic rings. The largest absolute Gasteiger partial charge is 0.494 e. The summed E-state index contributed by atoms with van der Waals surface area (Å²) < 4.78 is 4.94. The van der Waals surface area contributed by atoms with Crippen molar-refractivity contribution >= 4 is 17.9 Å². The van der Waals surface area contributed by atoms with E-state index in [9.17, 15) is 9.59 Å². The molecule has 0 spiro atoms. The van der Waals surface area contributed by atoms with E-state index in [1.807, 2.05) is 20.8 Å². The molecule has 0 aliphatic heterocycles. The SMILES string of the molecule is COc1cnc(NC(=O)NC(C)[C@@H]2C[C@H](C(=O)O)C2(C)C)nc1. The minimum Gasteiger partial charge on any atom is -0.494 e. The molecule has 0 radical (unpaired) electrons. The van der Waals surface area contributed by atoms with Crippen molar-refractivity contribution < 1.29 is 19.4 Å². The Balaban J connectivity index is 1.89. The first kappa shape index (κ1) is 17.0. The van der Waals surface area contributed by atoms with Crippen LogP contribution in [-0.2, 0) is 4.79 Å². The molecule has 0 saturated heterocycles. The van der Waals surface area contributed by atoms with Crippen LogP contribution in [0.3, 0.4) is 0 Å². The van der Waals surface area contributed by atoms with Crippen molar-refractivity contribution in [3.05, 3.63) is 12.4 Å². The average Bonchev–Trinajstić information content (AvgIpc) is 2.46. The van der Waals surface area contributed by atoms with E-state index in [1.54, 1.807) is 0 Å². The van der Waals surface area contributed by atoms with Crippen LogP contribution in [0.15, 0.2) is 12.4 Å². The highest BCUT2D eigenvalue weighted by molar-refractivity contribution is 5.87. The third-order valence-corrected chi connectivity index (χ3v) is 4.69. The van der Waals surface area contributed by atoms with Crippen molar-refractivity contribution in [3.63, 3.8) is 0 Å². The van der Waals surface area contributed by atoms with Crippen molar-refractivity contribution in [2.75, 3.05) is 12.4 Å². The number of nitrogens with one attached hydrogen (secondary N) is 2. The van der Waals surface area contributed by atoms with Crippen LogP contribution in [-0.4, -0.2) is 40.2 Å². The van der Waals surface area contributed by atoms with E-state index in [-0.39, 0.29) is 29.2 Å². The number of anilines is 1. The number of carbonyl (C=O) groups is 2. The van der Waals surface area contributed by atoms with Crippen LogP contribution < -0.4 is 15.4 Å². The van der Waals surface area contributed by atoms with E-state index in [4.69, 9.17) is 9.84 Å². The van der Waals surface area contributed by atoms with Gasteiger partial charge in [-0.15, -0.1) is 0 Å². The lowest BCUT2D eigenvalue weighted by Gasteiger charge is -2.52. The van der Waals surface area contributed by atoms with Gasteiger partial charge in [0.05, 0.1) is 25.4 Å². The first-order valence-electron chi connectivity index (χ1n) is 7.42. The molecule has 126 valence electrons. The molecule has 0 bridgehead atoms. The lowest BCUT2D eigenvalue weighted by molar-refractivity contribution is -0.160. The number of hydrogen-bond acceptors (Lipinski definition) is 5. The standard InChI is InChI=1S/C15H22N4O4/c1-8(10-5-11(12(20)21)15(10,2)3)18-14(22)19-13-16-6-9(23-4)7-17-13/h6-8,10-11H,5H2,1-4H3,(H,20,21)(H2,16,17,18,19,22)/t8?,10-,11+/m0/s1. The smallest absolute Gasteiger partial charge is 0.321 e. The topological polar surface area (TPSA) is 113 Å². The third kappa shape index (κ3) is 3.52. The fourth-order valence-electron chi connectivity index (χ4n) is 3.16. The van der Waals surface area contributed by atoms with E-state index < -0.39 is 12.0 Å². The van der Waals surface area contributed by atoms with Gasteiger partial charge in [-0.2, -0.15) is 0 Å². The van der Waals surface area contributed by atoms with Gasteiger partial charge in [-0.25, -0.2) is 14.8 Å². The summed E-state index contributed by atoms with van der Waals surface area (Å²) in [7, 11) is 1.50. The maximum atomic E-state index is 12.0. The Morgan fingerprint density at radius 3 is 2.48 bits per heavy atom. The fraction of sp³-hybridized carbons (Fsp3) is 0.600. The van der Waals surface area contributed by atoms with E-state index in [0.29, 0.717) is 12.2 Å². The molecule has 2 amide bonds. The second kappa shape index (κ2) is 6.39. The number of carboxylic acids is 1. The minimum atomic E-state index is -0.783. The van der Waals surface area contributed by atoms with Crippen LogP contribution in [0.1, 0.15) is 27.2 Å². The van der Waals surface area contributed by atoms with Crippen LogP contribution >= 0.6 is 0 Å². The summed E-state index contributed by atoms with van der Waals surface area (Å²) in [5.41, 5.74) is -0.352. The summed E-state index contributed by atoms with van der Waals surface area (Å²) in [4.78, 5) is 31.1. The number of nitrogens with zero attached hydrogens (tertiary/aromatic N) is 2. The Morgan fingerprint density at radius 1 is 1.39 bits per heavy atom. The second-order valence-corrected chi connectivity index (χ2v) is 6.39. The van der Waals surface area contributed by atoms with E-state index in [1.165, 1.54) is 19.5 Å². The zero-order valence-electron chi connectivity index (χ0n) is 13.7. The number of ether oxygens (including phenoxy) is 1. The lowest BCUT2D eigenvalue weighted by Crippen LogP contribution is -2.57. The van der Waals surface area contributed by atoms with E-state index in [2.05, 4.69) is 20.6 Å². The first-order chi connectivity index (χ1) is 10.8. The van der Waals surface area contributed by atoms with Crippen LogP contribution in [0.25, 0.3) is 0 Å². The summed E-state index contributed by atoms with van der Waals surface area (Å²) in [6.07, 6.45) is 3.47. The Hall–Kier alpha value is -2.38. The van der Waals surface area contributed by atoms with Gasteiger partial charge in [-0.3, -0.25) is 10.1 Å². The lowest BCUT2D eigenvalue weighted by atomic mass is 9.53. The molecule has 1 aliphatic carbocycles. The van der Waals surface area contributed by atoms with Crippen molar-refractivity contribution in [1.29, 1.82) is 0 Å². The average molecular weight is 322 g/mol. The highest BCUT2D eigenvalue weighted by Crippen LogP contribution is 2.52. The molecule has 1 fully saturated rings. The van der Waals surface area contributed by atoms with E-state index >= 15 is 0 Å². The van der Waals surface area contributed by atoms with Crippen LogP contribution in [0.4, 0.5) is 10.7 Å². The summed E-state index contributed by atoms with van der Waals surface area (Å²) in [5.74, 6) is -0.377. The zero-order valence-corrected chi connectivity index (χ0v) is 13.7. The minimum absolute atomic E-state index is 0.103. The molecule has 8 nitrogen and oxygen atoms in total. The molecule has 3 atom stereocenters. The number of aromatic nitrogens is 2. The molecule has 2 rings (SSSR count). The molecular weight excluding hydrogens is 300 g/mol. The van der Waals surface area contributed by atoms with Crippen molar-refractivity contribution in [2.45, 2.75) is 33.2 Å². The molecule has 1 aromatic rings. The van der Waals surface area contributed by atoms with Crippen LogP contribution in [0.5, 0.6) is 5.75 Å². The molecule has 1 heterocycles. The molecule has 0 aromatic carbocycles. The predicted molar refractivity (Wildman–Crippen MR) is 83.2 cm³/mol. The van der Waals surface area contributed by atoms with Gasteiger partial charge in [-0.1, -0.05) is 13.8 Å². The number of amides is 2. The Morgan fingerprint density at radius 2 is 2.00 bits per heavy atom. The number of carboxylic acid groups (broad SMARTS) is 1. The highest BCUT2D eigenvalue weighted by Gasteiger charge is 2.53. The van der Waals surface area contributed by atoms with Gasteiger partial charge in [0.25, 0.3) is 0 Å². The van der Waals surface area contributed by atoms with Crippen molar-refractivity contribution in [1.82, 2.24) is 15.3 Å². The van der Waals surface area contributed by atoms with Crippen molar-refractivity contribution in [3.8, 4) is 5.75 Å². The van der Waals surface area contributed by atoms with Gasteiger partial charge in [0.1, 0.15) is 0 Å². The van der Waals surface area contributed by atoms with Gasteiger partial charge in [0.15, 0.2) is 5.75 Å². The maximum Gasteiger partial charge on any atom is 0.321 e. The van der Waals surface area contributed by atoms with Crippen LogP contribution in [0.2, 0.25) is 0 Å². The number of carbonyl (C=O) groups excluding carboxylic acids is 1. The molecule has 3 N–H and O–H groups in total. The van der Waals surface area contributed by atoms with Crippen molar-refractivity contribution in [2.24, 2.45) is 17.3 Å². The summed E-state index contributed by atoms with van der Waals surface area (Å²) >= 11 is 0. The Bertz CT molecular complexity index is 588. The van der Waals surface area contributed by atoms with Gasteiger partial charge >= 0.3 is 12.0 Å². The van der Waals surface area contributed by atoms with Gasteiger partial charge in [0.2, 0.25) is 5.95 Å². The predicted octanol–water partition coefficient (Wildman–Crippen LogP) is 1.74. The summed E-state index contributed by atoms with van der Waals surface area (Å²) in [6.45, 7) is 5.71. The van der Waals surface area contributed by atoms with Gasteiger partial charge < -0.3 is 15.2 Å². The molecule has 1 unspecified atom stereocenters. The number of aliphatic carboxylic acids is 1. The number of methoxy groups -OCH3 is 1. The Kier molecular flexibility index (Phi) is 4.72. The third-order valence-electron chi connectivity index (χ3n) is 4.69. The number of rotatable bonds is 5. The van der Waals surface area contributed by atoms with E-state index in [0.717, 1.165) is 0 Å². The van der Waals surface area contributed by atoms with Gasteiger partial charge in [0, 0.05) is 6.04 Å². The number of urea groups is 1.